The molecule has 0 spiro atoms. The van der Waals surface area contributed by atoms with Gasteiger partial charge in [0.1, 0.15) is 6.04 Å². The maximum absolute atomic E-state index is 13.1. The van der Waals surface area contributed by atoms with Crippen molar-refractivity contribution < 1.29 is 14.4 Å². The molecule has 1 atom stereocenters. The van der Waals surface area contributed by atoms with Gasteiger partial charge in [0.2, 0.25) is 11.7 Å². The molecule has 0 radical (unpaired) electrons. The second kappa shape index (κ2) is 11.5. The topological polar surface area (TPSA) is 90.9 Å². The third kappa shape index (κ3) is 6.60. The third-order valence-electron chi connectivity index (χ3n) is 6.90. The van der Waals surface area contributed by atoms with Crippen LogP contribution >= 0.6 is 24.2 Å². The molecule has 0 aromatic rings. The molecule has 3 fully saturated rings. The Balaban J connectivity index is 0.00000341. The number of amides is 2. The zero-order valence-electron chi connectivity index (χ0n) is 18.9. The highest BCUT2D eigenvalue weighted by molar-refractivity contribution is 8.14. The molecule has 0 bridgehead atoms. The van der Waals surface area contributed by atoms with Crippen molar-refractivity contribution in [2.75, 3.05) is 12.8 Å². The first-order valence-electron chi connectivity index (χ1n) is 11.4. The van der Waals surface area contributed by atoms with Crippen molar-refractivity contribution in [3.63, 3.8) is 0 Å². The fraction of sp³-hybridized carbons (Fsp3) is 0.818. The van der Waals surface area contributed by atoms with Gasteiger partial charge in [0.05, 0.1) is 0 Å². The van der Waals surface area contributed by atoms with Crippen LogP contribution in [0.1, 0.15) is 78.1 Å². The minimum atomic E-state index is -0.745. The van der Waals surface area contributed by atoms with Gasteiger partial charge in [-0.1, -0.05) is 50.3 Å². The van der Waals surface area contributed by atoms with Crippen molar-refractivity contribution in [1.29, 1.82) is 0 Å². The molecular weight excluding hydrogens is 436 g/mol. The number of amidine groups is 1. The van der Waals surface area contributed by atoms with Gasteiger partial charge in [-0.05, 0) is 45.4 Å². The van der Waals surface area contributed by atoms with Crippen LogP contribution in [-0.2, 0) is 14.4 Å². The molecule has 7 nitrogen and oxygen atoms in total. The number of hydrazone groups is 1. The van der Waals surface area contributed by atoms with E-state index in [1.54, 1.807) is 11.8 Å². The van der Waals surface area contributed by atoms with Crippen LogP contribution in [0.25, 0.3) is 0 Å². The van der Waals surface area contributed by atoms with E-state index in [-0.39, 0.29) is 35.7 Å². The standard InChI is InChI=1S/C22H36N4O3S.ClH/c1-22(2)14-30-21(26(22)3)25-24-20(29)18(27)17(15-10-6-4-7-11-15)23-19(28)16-12-8-5-9-13-16;/h15-17H,4-14H2,1-3H3,(H,23,28)(H,24,29);1H. The summed E-state index contributed by atoms with van der Waals surface area (Å²) in [7, 11) is 1.93. The van der Waals surface area contributed by atoms with Gasteiger partial charge in [-0.3, -0.25) is 14.4 Å². The van der Waals surface area contributed by atoms with E-state index in [1.165, 1.54) is 6.42 Å². The summed E-state index contributed by atoms with van der Waals surface area (Å²) in [5.74, 6) is -0.508. The van der Waals surface area contributed by atoms with Crippen LogP contribution in [0.5, 0.6) is 0 Å². The van der Waals surface area contributed by atoms with Crippen molar-refractivity contribution in [3.8, 4) is 0 Å². The van der Waals surface area contributed by atoms with E-state index in [0.29, 0.717) is 5.17 Å². The highest BCUT2D eigenvalue weighted by atomic mass is 35.5. The second-order valence-electron chi connectivity index (χ2n) is 9.58. The summed E-state index contributed by atoms with van der Waals surface area (Å²) in [5.41, 5.74) is 2.41. The Morgan fingerprint density at radius 3 is 2.16 bits per heavy atom. The fourth-order valence-corrected chi connectivity index (χ4v) is 5.82. The maximum Gasteiger partial charge on any atom is 0.309 e. The third-order valence-corrected chi connectivity index (χ3v) is 8.38. The van der Waals surface area contributed by atoms with Crippen molar-refractivity contribution in [2.45, 2.75) is 89.6 Å². The molecule has 2 N–H and O–H groups in total. The van der Waals surface area contributed by atoms with Crippen LogP contribution in [0.15, 0.2) is 5.10 Å². The number of carbonyl (C=O) groups is 3. The summed E-state index contributed by atoms with van der Waals surface area (Å²) in [5, 5.41) is 7.86. The Bertz CT molecular complexity index is 688. The molecule has 3 rings (SSSR count). The lowest BCUT2D eigenvalue weighted by Gasteiger charge is -2.31. The summed E-state index contributed by atoms with van der Waals surface area (Å²) >= 11 is 1.56. The lowest BCUT2D eigenvalue weighted by molar-refractivity contribution is -0.141. The molecule has 0 aromatic heterocycles. The van der Waals surface area contributed by atoms with Crippen LogP contribution < -0.4 is 10.7 Å². The van der Waals surface area contributed by atoms with Gasteiger partial charge in [-0.25, -0.2) is 5.43 Å². The van der Waals surface area contributed by atoms with Gasteiger partial charge in [-0.2, -0.15) is 0 Å². The highest BCUT2D eigenvalue weighted by Crippen LogP contribution is 2.31. The van der Waals surface area contributed by atoms with Gasteiger partial charge in [0, 0.05) is 24.3 Å². The van der Waals surface area contributed by atoms with Crippen LogP contribution in [0.4, 0.5) is 0 Å². The van der Waals surface area contributed by atoms with E-state index in [9.17, 15) is 14.4 Å². The number of hydrogen-bond donors (Lipinski definition) is 2. The zero-order chi connectivity index (χ0) is 21.7. The number of hydrogen-bond acceptors (Lipinski definition) is 5. The van der Waals surface area contributed by atoms with E-state index in [4.69, 9.17) is 0 Å². The summed E-state index contributed by atoms with van der Waals surface area (Å²) in [6, 6.07) is -0.745. The molecule has 2 amide bonds. The van der Waals surface area contributed by atoms with Gasteiger partial charge in [0.15, 0.2) is 5.17 Å². The Hall–Kier alpha value is -1.28. The fourth-order valence-electron chi connectivity index (χ4n) is 4.60. The predicted octanol–water partition coefficient (Wildman–Crippen LogP) is 3.47. The molecule has 1 saturated heterocycles. The summed E-state index contributed by atoms with van der Waals surface area (Å²) < 4.78 is 0. The Morgan fingerprint density at radius 1 is 1.03 bits per heavy atom. The van der Waals surface area contributed by atoms with Crippen LogP contribution in [0.3, 0.4) is 0 Å². The molecule has 2 saturated carbocycles. The number of nitrogens with one attached hydrogen (secondary N) is 2. The average molecular weight is 473 g/mol. The predicted molar refractivity (Wildman–Crippen MR) is 127 cm³/mol. The van der Waals surface area contributed by atoms with Crippen molar-refractivity contribution in [3.05, 3.63) is 0 Å². The lowest BCUT2D eigenvalue weighted by atomic mass is 9.81. The normalized spacial score (nSPS) is 24.4. The maximum atomic E-state index is 13.1. The summed E-state index contributed by atoms with van der Waals surface area (Å²) in [4.78, 5) is 40.6. The van der Waals surface area contributed by atoms with Crippen LogP contribution in [0.2, 0.25) is 0 Å². The lowest BCUT2D eigenvalue weighted by Crippen LogP contribution is -2.52. The number of thioether (sulfide) groups is 1. The quantitative estimate of drug-likeness (QED) is 0.456. The molecule has 3 aliphatic rings. The van der Waals surface area contributed by atoms with Gasteiger partial charge < -0.3 is 10.2 Å². The molecule has 1 heterocycles. The largest absolute Gasteiger partial charge is 0.347 e. The Morgan fingerprint density at radius 2 is 1.61 bits per heavy atom. The van der Waals surface area contributed by atoms with Gasteiger partial charge >= 0.3 is 5.91 Å². The van der Waals surface area contributed by atoms with Crippen molar-refractivity contribution in [1.82, 2.24) is 15.6 Å². The minimum absolute atomic E-state index is 0. The van der Waals surface area contributed by atoms with E-state index >= 15 is 0 Å². The van der Waals surface area contributed by atoms with Crippen LogP contribution in [-0.4, -0.2) is 52.0 Å². The van der Waals surface area contributed by atoms with Crippen LogP contribution in [0, 0.1) is 11.8 Å². The molecule has 1 aliphatic heterocycles. The number of carbonyl (C=O) groups excluding carboxylic acids is 3. The monoisotopic (exact) mass is 472 g/mol. The first-order chi connectivity index (χ1) is 14.3. The Kier molecular flexibility index (Phi) is 9.67. The number of halogens is 1. The number of Topliss-reactive ketones (excluding diaryl/α,β-unsaturated/α-hetero) is 1. The average Bonchev–Trinajstić information content (AvgIpc) is 3.03. The Labute approximate surface area is 196 Å². The zero-order valence-corrected chi connectivity index (χ0v) is 20.6. The van der Waals surface area contributed by atoms with E-state index < -0.39 is 17.7 Å². The van der Waals surface area contributed by atoms with E-state index in [1.807, 2.05) is 11.9 Å². The molecule has 1 unspecified atom stereocenters. The highest BCUT2D eigenvalue weighted by Gasteiger charge is 2.37. The molecule has 176 valence electrons. The smallest absolute Gasteiger partial charge is 0.309 e. The van der Waals surface area contributed by atoms with Crippen molar-refractivity contribution >= 4 is 46.9 Å². The minimum Gasteiger partial charge on any atom is -0.347 e. The molecule has 2 aliphatic carbocycles. The first-order valence-corrected chi connectivity index (χ1v) is 12.4. The molecule has 0 aromatic carbocycles. The summed E-state index contributed by atoms with van der Waals surface area (Å²) in [6.45, 7) is 4.21. The van der Waals surface area contributed by atoms with Gasteiger partial charge in [-0.15, -0.1) is 17.5 Å². The second-order valence-corrected chi connectivity index (χ2v) is 10.5. The molecule has 9 heteroatoms. The van der Waals surface area contributed by atoms with E-state index in [2.05, 4.69) is 29.7 Å². The SMILES string of the molecule is CN1C(=NNC(=O)C(=O)C(NC(=O)C2CCCCC2)C2CCCCC2)SCC1(C)C.Cl. The number of ketones is 1. The van der Waals surface area contributed by atoms with Gasteiger partial charge in [0.25, 0.3) is 0 Å². The van der Waals surface area contributed by atoms with Crippen molar-refractivity contribution in [2.24, 2.45) is 16.9 Å². The number of rotatable bonds is 6. The molecule has 31 heavy (non-hydrogen) atoms. The molecular formula is C22H37ClN4O3S. The van der Waals surface area contributed by atoms with E-state index in [0.717, 1.165) is 63.5 Å². The first kappa shape index (κ1) is 26.0. The summed E-state index contributed by atoms with van der Waals surface area (Å²) in [6.07, 6.45) is 9.98. The number of nitrogens with zero attached hydrogens (tertiary/aromatic N) is 2.